The SMILES string of the molecule is O=C(C1CSC1)N1CC(F)(c2ccc(C3=CC(c4ccc(Cl)c(C(F)(F)F)c4)(C(F)(F)F)ON3)cn2)C1. The lowest BCUT2D eigenvalue weighted by Crippen LogP contribution is -2.61. The number of rotatable bonds is 4. The Labute approximate surface area is 215 Å². The zero-order valence-corrected chi connectivity index (χ0v) is 20.2. The highest BCUT2D eigenvalue weighted by molar-refractivity contribution is 8.00. The zero-order chi connectivity index (χ0) is 26.8. The Bertz CT molecular complexity index is 1260. The number of alkyl halides is 7. The van der Waals surface area contributed by atoms with Crippen molar-refractivity contribution in [2.24, 2.45) is 5.92 Å². The van der Waals surface area contributed by atoms with Crippen LogP contribution >= 0.6 is 23.4 Å². The van der Waals surface area contributed by atoms with E-state index in [9.17, 15) is 31.1 Å². The molecule has 0 aliphatic carbocycles. The van der Waals surface area contributed by atoms with Crippen LogP contribution in [-0.2, 0) is 27.1 Å². The van der Waals surface area contributed by atoms with Gasteiger partial charge >= 0.3 is 12.4 Å². The molecule has 1 N–H and O–H groups in total. The fraction of sp³-hybridized carbons (Fsp3) is 0.391. The van der Waals surface area contributed by atoms with Crippen LogP contribution in [0, 0.1) is 5.92 Å². The summed E-state index contributed by atoms with van der Waals surface area (Å²) in [5, 5.41) is -0.758. The van der Waals surface area contributed by atoms with Crippen molar-refractivity contribution < 1.29 is 40.4 Å². The number of nitrogens with one attached hydrogen (secondary N) is 1. The van der Waals surface area contributed by atoms with Crippen LogP contribution in [-0.4, -0.2) is 46.6 Å². The number of benzene rings is 1. The quantitative estimate of drug-likeness (QED) is 0.498. The number of halogens is 8. The van der Waals surface area contributed by atoms with Crippen LogP contribution in [0.25, 0.3) is 5.70 Å². The highest BCUT2D eigenvalue weighted by Crippen LogP contribution is 2.49. The summed E-state index contributed by atoms with van der Waals surface area (Å²) in [6, 6.07) is 4.41. The Kier molecular flexibility index (Phi) is 6.19. The average molecular weight is 568 g/mol. The fourth-order valence-corrected chi connectivity index (χ4v) is 5.27. The number of pyridine rings is 1. The average Bonchev–Trinajstić information content (AvgIpc) is 3.22. The molecule has 3 aliphatic heterocycles. The third-order valence-electron chi connectivity index (χ3n) is 6.51. The molecule has 37 heavy (non-hydrogen) atoms. The number of hydroxylamine groups is 1. The topological polar surface area (TPSA) is 54.5 Å². The van der Waals surface area contributed by atoms with Gasteiger partial charge < -0.3 is 4.90 Å². The first-order valence-corrected chi connectivity index (χ1v) is 12.4. The molecule has 14 heteroatoms. The van der Waals surface area contributed by atoms with Gasteiger partial charge in [-0.15, -0.1) is 0 Å². The lowest BCUT2D eigenvalue weighted by molar-refractivity contribution is -0.269. The first-order chi connectivity index (χ1) is 17.2. The molecule has 1 aromatic carbocycles. The van der Waals surface area contributed by atoms with Crippen molar-refractivity contribution in [2.75, 3.05) is 24.6 Å². The van der Waals surface area contributed by atoms with Gasteiger partial charge in [0.05, 0.1) is 41.0 Å². The van der Waals surface area contributed by atoms with Crippen LogP contribution in [0.15, 0.2) is 42.6 Å². The Morgan fingerprint density at radius 3 is 2.38 bits per heavy atom. The van der Waals surface area contributed by atoms with Gasteiger partial charge in [0.25, 0.3) is 0 Å². The Balaban J connectivity index is 1.40. The molecule has 0 spiro atoms. The Hall–Kier alpha value is -2.51. The smallest absolute Gasteiger partial charge is 0.335 e. The summed E-state index contributed by atoms with van der Waals surface area (Å²) in [5.41, 5.74) is -5.42. The molecule has 3 aliphatic rings. The van der Waals surface area contributed by atoms with E-state index < -0.39 is 39.8 Å². The maximum Gasteiger partial charge on any atom is 0.428 e. The first kappa shape index (κ1) is 26.1. The maximum atomic E-state index is 15.2. The largest absolute Gasteiger partial charge is 0.428 e. The molecule has 0 saturated carbocycles. The van der Waals surface area contributed by atoms with Crippen molar-refractivity contribution in [2.45, 2.75) is 23.6 Å². The molecule has 0 radical (unpaired) electrons. The second-order valence-electron chi connectivity index (χ2n) is 9.01. The van der Waals surface area contributed by atoms with Gasteiger partial charge in [0.2, 0.25) is 11.5 Å². The van der Waals surface area contributed by atoms with Crippen molar-refractivity contribution in [3.05, 3.63) is 70.0 Å². The summed E-state index contributed by atoms with van der Waals surface area (Å²) < 4.78 is 97.6. The third-order valence-corrected chi connectivity index (χ3v) is 8.11. The van der Waals surface area contributed by atoms with Gasteiger partial charge in [-0.2, -0.15) is 38.1 Å². The van der Waals surface area contributed by atoms with E-state index >= 15 is 4.39 Å². The monoisotopic (exact) mass is 567 g/mol. The number of likely N-dealkylation sites (tertiary alicyclic amines) is 1. The lowest BCUT2D eigenvalue weighted by atomic mass is 9.89. The Morgan fingerprint density at radius 1 is 1.14 bits per heavy atom. The van der Waals surface area contributed by atoms with Crippen LogP contribution in [0.4, 0.5) is 30.7 Å². The summed E-state index contributed by atoms with van der Waals surface area (Å²) in [6.45, 7) is -0.336. The highest BCUT2D eigenvalue weighted by Gasteiger charge is 2.60. The van der Waals surface area contributed by atoms with Gasteiger partial charge in [0, 0.05) is 28.8 Å². The summed E-state index contributed by atoms with van der Waals surface area (Å²) in [6.07, 6.45) is -8.42. The van der Waals surface area contributed by atoms with Crippen molar-refractivity contribution in [3.63, 3.8) is 0 Å². The minimum atomic E-state index is -5.16. The molecule has 0 bridgehead atoms. The fourth-order valence-electron chi connectivity index (χ4n) is 4.29. The van der Waals surface area contributed by atoms with E-state index in [-0.39, 0.29) is 47.9 Å². The minimum Gasteiger partial charge on any atom is -0.335 e. The molecule has 2 fully saturated rings. The third kappa shape index (κ3) is 4.44. The molecule has 1 unspecified atom stereocenters. The number of amides is 1. The number of hydrogen-bond acceptors (Lipinski definition) is 5. The van der Waals surface area contributed by atoms with Crippen molar-refractivity contribution in [1.82, 2.24) is 15.4 Å². The molecular formula is C23H17ClF7N3O2S. The number of aromatic nitrogens is 1. The van der Waals surface area contributed by atoms with Gasteiger partial charge in [-0.05, 0) is 30.3 Å². The molecule has 5 rings (SSSR count). The normalized spacial score (nSPS) is 23.7. The molecule has 2 saturated heterocycles. The van der Waals surface area contributed by atoms with Crippen molar-refractivity contribution in [3.8, 4) is 0 Å². The molecule has 1 amide bonds. The van der Waals surface area contributed by atoms with E-state index in [1.165, 1.54) is 17.0 Å². The number of hydrogen-bond donors (Lipinski definition) is 1. The van der Waals surface area contributed by atoms with Crippen LogP contribution < -0.4 is 5.48 Å². The molecule has 5 nitrogen and oxygen atoms in total. The van der Waals surface area contributed by atoms with E-state index in [0.717, 1.165) is 18.3 Å². The molecular weight excluding hydrogens is 551 g/mol. The van der Waals surface area contributed by atoms with Crippen LogP contribution in [0.2, 0.25) is 5.02 Å². The van der Waals surface area contributed by atoms with Crippen molar-refractivity contribution >= 4 is 35.0 Å². The van der Waals surface area contributed by atoms with Gasteiger partial charge in [0.15, 0.2) is 5.67 Å². The summed E-state index contributed by atoms with van der Waals surface area (Å²) in [5.74, 6) is 1.20. The second kappa shape index (κ2) is 8.77. The number of thioether (sulfide) groups is 1. The van der Waals surface area contributed by atoms with Gasteiger partial charge in [-0.3, -0.25) is 20.1 Å². The zero-order valence-electron chi connectivity index (χ0n) is 18.6. The van der Waals surface area contributed by atoms with E-state index in [1.807, 2.05) is 0 Å². The number of carbonyl (C=O) groups excluding carboxylic acids is 1. The number of carbonyl (C=O) groups is 1. The predicted molar refractivity (Wildman–Crippen MR) is 121 cm³/mol. The lowest BCUT2D eigenvalue weighted by Gasteiger charge is -2.46. The minimum absolute atomic E-state index is 0.0115. The van der Waals surface area contributed by atoms with Gasteiger partial charge in [0.1, 0.15) is 0 Å². The maximum absolute atomic E-state index is 15.2. The van der Waals surface area contributed by atoms with E-state index in [1.54, 1.807) is 11.8 Å². The van der Waals surface area contributed by atoms with Crippen LogP contribution in [0.5, 0.6) is 0 Å². The summed E-state index contributed by atoms with van der Waals surface area (Å²) >= 11 is 7.19. The summed E-state index contributed by atoms with van der Waals surface area (Å²) in [7, 11) is 0. The molecule has 4 heterocycles. The van der Waals surface area contributed by atoms with Gasteiger partial charge in [-0.25, -0.2) is 4.39 Å². The standard InChI is InChI=1S/C23H17ClF7N3O2S/c24-16-3-2-14(5-15(16)22(26,27)28)21(23(29,30)31)6-17(33-36-21)12-1-4-18(32-7-12)20(25)10-34(11-20)19(35)13-8-37-9-13/h1-7,13,33H,8-11H2. The van der Waals surface area contributed by atoms with Crippen molar-refractivity contribution in [1.29, 1.82) is 0 Å². The molecule has 198 valence electrons. The first-order valence-electron chi connectivity index (χ1n) is 10.9. The predicted octanol–water partition coefficient (Wildman–Crippen LogP) is 5.46. The van der Waals surface area contributed by atoms with Crippen LogP contribution in [0.3, 0.4) is 0 Å². The van der Waals surface area contributed by atoms with E-state index in [4.69, 9.17) is 16.4 Å². The Morgan fingerprint density at radius 2 is 1.84 bits per heavy atom. The van der Waals surface area contributed by atoms with E-state index in [2.05, 4.69) is 10.5 Å². The molecule has 1 aromatic heterocycles. The molecule has 2 aromatic rings. The van der Waals surface area contributed by atoms with Crippen LogP contribution in [0.1, 0.15) is 22.4 Å². The number of nitrogens with zero attached hydrogens (tertiary/aromatic N) is 2. The highest BCUT2D eigenvalue weighted by atomic mass is 35.5. The van der Waals surface area contributed by atoms with Gasteiger partial charge in [-0.1, -0.05) is 17.7 Å². The molecule has 1 atom stereocenters. The van der Waals surface area contributed by atoms with E-state index in [0.29, 0.717) is 17.6 Å². The second-order valence-corrected chi connectivity index (χ2v) is 10.5. The summed E-state index contributed by atoms with van der Waals surface area (Å²) in [4.78, 5) is 22.5.